The number of aliphatic hydroxyl groups is 1. The molecule has 0 spiro atoms. The van der Waals surface area contributed by atoms with Crippen molar-refractivity contribution in [1.82, 2.24) is 9.55 Å². The predicted octanol–water partition coefficient (Wildman–Crippen LogP) is 1.75. The zero-order valence-corrected chi connectivity index (χ0v) is 12.9. The molecule has 1 aromatic heterocycles. The van der Waals surface area contributed by atoms with Crippen molar-refractivity contribution in [2.45, 2.75) is 39.2 Å². The van der Waals surface area contributed by atoms with Crippen LogP contribution in [0.2, 0.25) is 0 Å². The fourth-order valence-corrected chi connectivity index (χ4v) is 2.96. The SMILES string of the molecule is CCOC(=O)C(O)Cc1ncn2c1CCc1cc(C)ccc1-2. The average Bonchev–Trinajstić information content (AvgIpc) is 2.90. The number of imidazole rings is 1. The largest absolute Gasteiger partial charge is 0.464 e. The first-order valence-electron chi connectivity index (χ1n) is 7.60. The molecule has 22 heavy (non-hydrogen) atoms. The van der Waals surface area contributed by atoms with Crippen LogP contribution in [-0.4, -0.2) is 33.3 Å². The summed E-state index contributed by atoms with van der Waals surface area (Å²) in [6.45, 7) is 4.08. The number of ether oxygens (including phenoxy) is 1. The van der Waals surface area contributed by atoms with Gasteiger partial charge in [-0.1, -0.05) is 17.7 Å². The summed E-state index contributed by atoms with van der Waals surface area (Å²) in [6.07, 6.45) is 2.63. The van der Waals surface area contributed by atoms with Crippen molar-refractivity contribution in [3.63, 3.8) is 0 Å². The molecule has 1 aliphatic heterocycles. The molecule has 0 fully saturated rings. The van der Waals surface area contributed by atoms with Crippen molar-refractivity contribution < 1.29 is 14.6 Å². The normalized spacial score (nSPS) is 14.1. The maximum atomic E-state index is 11.6. The van der Waals surface area contributed by atoms with Gasteiger partial charge in [0, 0.05) is 17.8 Å². The molecule has 0 aliphatic carbocycles. The zero-order valence-electron chi connectivity index (χ0n) is 12.9. The van der Waals surface area contributed by atoms with Gasteiger partial charge in [-0.05, 0) is 38.3 Å². The van der Waals surface area contributed by atoms with Crippen LogP contribution in [0.4, 0.5) is 0 Å². The lowest BCUT2D eigenvalue weighted by Gasteiger charge is -2.20. The van der Waals surface area contributed by atoms with Gasteiger partial charge in [-0.3, -0.25) is 0 Å². The van der Waals surface area contributed by atoms with Crippen LogP contribution in [0.1, 0.15) is 29.4 Å². The number of esters is 1. The van der Waals surface area contributed by atoms with Crippen molar-refractivity contribution in [1.29, 1.82) is 0 Å². The molecule has 5 nitrogen and oxygen atoms in total. The van der Waals surface area contributed by atoms with Gasteiger partial charge in [0.15, 0.2) is 6.10 Å². The minimum atomic E-state index is -1.15. The maximum Gasteiger partial charge on any atom is 0.335 e. The molecule has 1 unspecified atom stereocenters. The molecule has 3 rings (SSSR count). The van der Waals surface area contributed by atoms with E-state index >= 15 is 0 Å². The summed E-state index contributed by atoms with van der Waals surface area (Å²) in [4.78, 5) is 16.0. The second-order valence-corrected chi connectivity index (χ2v) is 5.61. The summed E-state index contributed by atoms with van der Waals surface area (Å²) in [5.41, 5.74) is 5.53. The number of aryl methyl sites for hydroxylation is 2. The van der Waals surface area contributed by atoms with Crippen LogP contribution in [0.5, 0.6) is 0 Å². The molecular formula is C17H20N2O3. The molecule has 0 bridgehead atoms. The van der Waals surface area contributed by atoms with E-state index < -0.39 is 12.1 Å². The lowest BCUT2D eigenvalue weighted by molar-refractivity contribution is -0.152. The first-order chi connectivity index (χ1) is 10.6. The van der Waals surface area contributed by atoms with Crippen molar-refractivity contribution in [2.24, 2.45) is 0 Å². The van der Waals surface area contributed by atoms with Crippen molar-refractivity contribution in [2.75, 3.05) is 6.61 Å². The third kappa shape index (κ3) is 2.64. The molecule has 1 aliphatic rings. The van der Waals surface area contributed by atoms with Crippen LogP contribution < -0.4 is 0 Å². The van der Waals surface area contributed by atoms with Gasteiger partial charge < -0.3 is 14.4 Å². The Morgan fingerprint density at radius 2 is 2.27 bits per heavy atom. The van der Waals surface area contributed by atoms with Crippen molar-refractivity contribution in [3.8, 4) is 5.69 Å². The van der Waals surface area contributed by atoms with Gasteiger partial charge in [0.1, 0.15) is 0 Å². The third-order valence-corrected chi connectivity index (χ3v) is 4.02. The summed E-state index contributed by atoms with van der Waals surface area (Å²) >= 11 is 0. The molecule has 116 valence electrons. The number of carbonyl (C=O) groups is 1. The summed E-state index contributed by atoms with van der Waals surface area (Å²) in [5.74, 6) is -0.587. The number of nitrogens with zero attached hydrogens (tertiary/aromatic N) is 2. The highest BCUT2D eigenvalue weighted by molar-refractivity contribution is 5.74. The molecule has 0 saturated heterocycles. The van der Waals surface area contributed by atoms with E-state index in [9.17, 15) is 9.90 Å². The number of hydrogen-bond acceptors (Lipinski definition) is 4. The van der Waals surface area contributed by atoms with E-state index in [0.29, 0.717) is 0 Å². The van der Waals surface area contributed by atoms with E-state index in [2.05, 4.69) is 34.7 Å². The van der Waals surface area contributed by atoms with Gasteiger partial charge >= 0.3 is 5.97 Å². The summed E-state index contributed by atoms with van der Waals surface area (Å²) < 4.78 is 6.90. The Hall–Kier alpha value is -2.14. The molecule has 1 atom stereocenters. The fourth-order valence-electron chi connectivity index (χ4n) is 2.96. The van der Waals surface area contributed by atoms with E-state index in [1.807, 2.05) is 0 Å². The minimum Gasteiger partial charge on any atom is -0.464 e. The number of aliphatic hydroxyl groups excluding tert-OH is 1. The van der Waals surface area contributed by atoms with Crippen LogP contribution in [0.15, 0.2) is 24.5 Å². The number of fused-ring (bicyclic) bond motifs is 3. The molecule has 5 heteroatoms. The Balaban J connectivity index is 1.86. The van der Waals surface area contributed by atoms with E-state index in [0.717, 1.165) is 29.9 Å². The van der Waals surface area contributed by atoms with Gasteiger partial charge in [-0.2, -0.15) is 0 Å². The standard InChI is InChI=1S/C17H20N2O3/c1-3-22-17(21)16(20)9-13-15-7-5-12-8-11(2)4-6-14(12)19(15)10-18-13/h4,6,8,10,16,20H,3,5,7,9H2,1-2H3. The molecule has 0 amide bonds. The molecule has 1 aromatic carbocycles. The molecule has 2 heterocycles. The van der Waals surface area contributed by atoms with E-state index in [1.165, 1.54) is 11.1 Å². The molecular weight excluding hydrogens is 280 g/mol. The maximum absolute atomic E-state index is 11.6. The second kappa shape index (κ2) is 5.93. The first-order valence-corrected chi connectivity index (χ1v) is 7.60. The van der Waals surface area contributed by atoms with E-state index in [1.54, 1.807) is 13.3 Å². The Kier molecular flexibility index (Phi) is 3.98. The van der Waals surface area contributed by atoms with Gasteiger partial charge in [0.05, 0.1) is 18.6 Å². The van der Waals surface area contributed by atoms with Crippen molar-refractivity contribution in [3.05, 3.63) is 47.0 Å². The first kappa shape index (κ1) is 14.8. The second-order valence-electron chi connectivity index (χ2n) is 5.61. The highest BCUT2D eigenvalue weighted by Gasteiger charge is 2.24. The number of carbonyl (C=O) groups excluding carboxylic acids is 1. The molecule has 1 N–H and O–H groups in total. The molecule has 0 saturated carbocycles. The number of benzene rings is 1. The Bertz CT molecular complexity index is 706. The highest BCUT2D eigenvalue weighted by atomic mass is 16.5. The summed E-state index contributed by atoms with van der Waals surface area (Å²) in [7, 11) is 0. The number of hydrogen-bond donors (Lipinski definition) is 1. The predicted molar refractivity (Wildman–Crippen MR) is 82.1 cm³/mol. The topological polar surface area (TPSA) is 64.3 Å². The van der Waals surface area contributed by atoms with Crippen LogP contribution in [-0.2, 0) is 28.8 Å². The van der Waals surface area contributed by atoms with Gasteiger partial charge in [0.25, 0.3) is 0 Å². The van der Waals surface area contributed by atoms with Gasteiger partial charge in [-0.25, -0.2) is 9.78 Å². The van der Waals surface area contributed by atoms with E-state index in [-0.39, 0.29) is 13.0 Å². The molecule has 0 radical (unpaired) electrons. The lowest BCUT2D eigenvalue weighted by atomic mass is 9.98. The quantitative estimate of drug-likeness (QED) is 0.874. The van der Waals surface area contributed by atoms with E-state index in [4.69, 9.17) is 4.74 Å². The van der Waals surface area contributed by atoms with Crippen LogP contribution in [0.3, 0.4) is 0 Å². The smallest absolute Gasteiger partial charge is 0.335 e. The number of rotatable bonds is 4. The van der Waals surface area contributed by atoms with Gasteiger partial charge in [0.2, 0.25) is 0 Å². The van der Waals surface area contributed by atoms with Crippen molar-refractivity contribution >= 4 is 5.97 Å². The Morgan fingerprint density at radius 1 is 1.45 bits per heavy atom. The lowest BCUT2D eigenvalue weighted by Crippen LogP contribution is -2.26. The van der Waals surface area contributed by atoms with Gasteiger partial charge in [-0.15, -0.1) is 0 Å². The zero-order chi connectivity index (χ0) is 15.7. The number of aromatic nitrogens is 2. The Morgan fingerprint density at radius 3 is 3.05 bits per heavy atom. The fraction of sp³-hybridized carbons (Fsp3) is 0.412. The van der Waals surface area contributed by atoms with Crippen LogP contribution in [0, 0.1) is 6.92 Å². The summed E-state index contributed by atoms with van der Waals surface area (Å²) in [5, 5.41) is 9.93. The summed E-state index contributed by atoms with van der Waals surface area (Å²) in [6, 6.07) is 6.38. The molecule has 2 aromatic rings. The Labute approximate surface area is 129 Å². The third-order valence-electron chi connectivity index (χ3n) is 4.02. The van der Waals surface area contributed by atoms with Crippen LogP contribution >= 0.6 is 0 Å². The highest BCUT2D eigenvalue weighted by Crippen LogP contribution is 2.27. The average molecular weight is 300 g/mol. The minimum absolute atomic E-state index is 0.197. The van der Waals surface area contributed by atoms with Crippen LogP contribution in [0.25, 0.3) is 5.69 Å². The monoisotopic (exact) mass is 300 g/mol.